The molecule has 5 rings (SSSR count). The molecule has 2 aromatic heterocycles. The van der Waals surface area contributed by atoms with Gasteiger partial charge in [-0.2, -0.15) is 0 Å². The maximum absolute atomic E-state index is 13.6. The molecule has 2 aliphatic carbocycles. The summed E-state index contributed by atoms with van der Waals surface area (Å²) < 4.78 is 30.1. The van der Waals surface area contributed by atoms with E-state index in [4.69, 9.17) is 23.4 Å². The predicted molar refractivity (Wildman–Crippen MR) is 161 cm³/mol. The number of hydrogen-bond donors (Lipinski definition) is 1. The number of aliphatic hydroxyl groups is 1. The molecular weight excluding hydrogens is 582 g/mol. The van der Waals surface area contributed by atoms with E-state index < -0.39 is 75.5 Å². The highest BCUT2D eigenvalue weighted by atomic mass is 16.6. The van der Waals surface area contributed by atoms with Crippen molar-refractivity contribution in [2.75, 3.05) is 6.61 Å². The average molecular weight is 626 g/mol. The van der Waals surface area contributed by atoms with Crippen LogP contribution in [0.3, 0.4) is 0 Å². The van der Waals surface area contributed by atoms with Crippen LogP contribution in [-0.4, -0.2) is 52.4 Å². The van der Waals surface area contributed by atoms with E-state index in [1.807, 2.05) is 20.8 Å². The summed E-state index contributed by atoms with van der Waals surface area (Å²) in [5.41, 5.74) is -4.01. The van der Waals surface area contributed by atoms with Gasteiger partial charge >= 0.3 is 23.5 Å². The average Bonchev–Trinajstić information content (AvgIpc) is 2.94. The van der Waals surface area contributed by atoms with E-state index in [1.54, 1.807) is 51.4 Å². The maximum atomic E-state index is 13.6. The van der Waals surface area contributed by atoms with Gasteiger partial charge in [0.25, 0.3) is 0 Å². The molecule has 2 saturated carbocycles. The van der Waals surface area contributed by atoms with Crippen LogP contribution in [0, 0.1) is 28.1 Å². The van der Waals surface area contributed by atoms with Gasteiger partial charge in [-0.25, -0.2) is 4.79 Å². The van der Waals surface area contributed by atoms with Crippen molar-refractivity contribution in [3.63, 3.8) is 0 Å². The molecular formula is C34H43NO10. The summed E-state index contributed by atoms with van der Waals surface area (Å²) in [7, 11) is 0. The standard InChI is InChI=1S/C34H43NO10/c1-18(36)41-17-33(7)23-15-25(44-30(40)31(3,4)5)34(8)28(32(23,6)12-11-24(33)42-19(2)37)27(38)26-22(45-34)14-21(43-29(26)39)20-10-9-13-35-16-20/h9-10,13-14,16,23-25,27-28,38H,11-12,15,17H2,1-8H3/t23-,24+,25+,27+,28-,32+,33+,34-/m1/s1. The van der Waals surface area contributed by atoms with E-state index in [0.717, 1.165) is 0 Å². The van der Waals surface area contributed by atoms with Gasteiger partial charge in [-0.15, -0.1) is 0 Å². The number of fused-ring (bicyclic) bond motifs is 4. The largest absolute Gasteiger partial charge is 0.482 e. The van der Waals surface area contributed by atoms with Crippen molar-refractivity contribution >= 4 is 17.9 Å². The molecule has 1 aliphatic heterocycles. The third kappa shape index (κ3) is 5.53. The number of carbonyl (C=O) groups excluding carboxylic acids is 3. The lowest BCUT2D eigenvalue weighted by Crippen LogP contribution is -2.71. The van der Waals surface area contributed by atoms with Crippen molar-refractivity contribution in [3.8, 4) is 17.1 Å². The van der Waals surface area contributed by atoms with Gasteiger partial charge in [0, 0.05) is 49.2 Å². The molecule has 45 heavy (non-hydrogen) atoms. The minimum absolute atomic E-state index is 0.0170. The molecule has 1 N–H and O–H groups in total. The van der Waals surface area contributed by atoms with Crippen LogP contribution in [0.15, 0.2) is 39.8 Å². The first-order valence-corrected chi connectivity index (χ1v) is 15.4. The lowest BCUT2D eigenvalue weighted by atomic mass is 9.42. The minimum atomic E-state index is -1.36. The van der Waals surface area contributed by atoms with Crippen LogP contribution in [0.25, 0.3) is 11.3 Å². The Morgan fingerprint density at radius 3 is 2.40 bits per heavy atom. The van der Waals surface area contributed by atoms with Crippen LogP contribution in [0.4, 0.5) is 0 Å². The molecule has 2 aromatic rings. The molecule has 2 fully saturated rings. The SMILES string of the molecule is CC(=O)OC[C@@]1(C)[C@@H]2C[C@H](OC(=O)C(C)(C)C)[C@@]3(C)Oc4cc(-c5cccnc5)oc(=O)c4[C@H](O)[C@@H]3[C@@]2(C)CC[C@@H]1OC(C)=O. The molecule has 244 valence electrons. The number of aromatic nitrogens is 1. The molecule has 0 amide bonds. The number of aliphatic hydroxyl groups excluding tert-OH is 1. The predicted octanol–water partition coefficient (Wildman–Crippen LogP) is 4.78. The minimum Gasteiger partial charge on any atom is -0.482 e. The van der Waals surface area contributed by atoms with Crippen LogP contribution < -0.4 is 10.4 Å². The smallest absolute Gasteiger partial charge is 0.345 e. The third-order valence-corrected chi connectivity index (χ3v) is 10.3. The normalized spacial score (nSPS) is 33.8. The van der Waals surface area contributed by atoms with Crippen molar-refractivity contribution < 1.29 is 42.9 Å². The zero-order valence-electron chi connectivity index (χ0n) is 27.2. The molecule has 0 radical (unpaired) electrons. The number of esters is 3. The Morgan fingerprint density at radius 2 is 1.80 bits per heavy atom. The first-order chi connectivity index (χ1) is 20.9. The Hall–Kier alpha value is -3.73. The van der Waals surface area contributed by atoms with Gasteiger partial charge in [-0.3, -0.25) is 19.4 Å². The summed E-state index contributed by atoms with van der Waals surface area (Å²) in [4.78, 5) is 55.4. The molecule has 0 saturated heterocycles. The quantitative estimate of drug-likeness (QED) is 0.361. The Morgan fingerprint density at radius 1 is 1.09 bits per heavy atom. The van der Waals surface area contributed by atoms with Crippen LogP contribution in [0.2, 0.25) is 0 Å². The lowest BCUT2D eigenvalue weighted by molar-refractivity contribution is -0.272. The van der Waals surface area contributed by atoms with Crippen LogP contribution in [0.1, 0.15) is 86.3 Å². The summed E-state index contributed by atoms with van der Waals surface area (Å²) in [6.07, 6.45) is 1.46. The van der Waals surface area contributed by atoms with Gasteiger partial charge in [-0.05, 0) is 70.4 Å². The van der Waals surface area contributed by atoms with Crippen molar-refractivity contribution in [1.82, 2.24) is 4.98 Å². The summed E-state index contributed by atoms with van der Waals surface area (Å²) in [6.45, 7) is 13.6. The second kappa shape index (κ2) is 11.3. The van der Waals surface area contributed by atoms with Gasteiger partial charge in [0.1, 0.15) is 41.5 Å². The van der Waals surface area contributed by atoms with Gasteiger partial charge < -0.3 is 28.5 Å². The number of hydrogen-bond acceptors (Lipinski definition) is 11. The van der Waals surface area contributed by atoms with E-state index in [1.165, 1.54) is 13.8 Å². The summed E-state index contributed by atoms with van der Waals surface area (Å²) in [6, 6.07) is 5.02. The molecule has 0 unspecified atom stereocenters. The molecule has 11 nitrogen and oxygen atoms in total. The van der Waals surface area contributed by atoms with E-state index in [9.17, 15) is 24.3 Å². The Kier molecular flexibility index (Phi) is 8.17. The van der Waals surface area contributed by atoms with Gasteiger partial charge in [0.15, 0.2) is 0 Å². The molecule has 0 spiro atoms. The molecule has 0 bridgehead atoms. The summed E-state index contributed by atoms with van der Waals surface area (Å²) in [5, 5.41) is 12.2. The molecule has 0 aromatic carbocycles. The fraction of sp³-hybridized carbons (Fsp3) is 0.618. The van der Waals surface area contributed by atoms with Gasteiger partial charge in [0.05, 0.1) is 11.5 Å². The number of ether oxygens (including phenoxy) is 4. The van der Waals surface area contributed by atoms with Crippen molar-refractivity contribution in [3.05, 3.63) is 46.6 Å². The Bertz CT molecular complexity index is 1550. The number of pyridine rings is 1. The second-order valence-electron chi connectivity index (χ2n) is 14.5. The zero-order valence-corrected chi connectivity index (χ0v) is 27.2. The third-order valence-electron chi connectivity index (χ3n) is 10.3. The van der Waals surface area contributed by atoms with E-state index in [2.05, 4.69) is 4.98 Å². The first kappa shape index (κ1) is 32.7. The molecule has 11 heteroatoms. The highest BCUT2D eigenvalue weighted by molar-refractivity contribution is 5.75. The van der Waals surface area contributed by atoms with Crippen molar-refractivity contribution in [2.45, 2.75) is 98.6 Å². The second-order valence-corrected chi connectivity index (χ2v) is 14.5. The number of carbonyl (C=O) groups is 3. The number of nitrogens with zero attached hydrogens (tertiary/aromatic N) is 1. The van der Waals surface area contributed by atoms with Gasteiger partial charge in [-0.1, -0.05) is 13.8 Å². The van der Waals surface area contributed by atoms with Crippen LogP contribution in [-0.2, 0) is 28.6 Å². The molecule has 8 atom stereocenters. The summed E-state index contributed by atoms with van der Waals surface area (Å²) in [5.74, 6) is -2.22. The van der Waals surface area contributed by atoms with E-state index >= 15 is 0 Å². The molecule has 3 aliphatic rings. The van der Waals surface area contributed by atoms with E-state index in [0.29, 0.717) is 18.4 Å². The van der Waals surface area contributed by atoms with Crippen LogP contribution >= 0.6 is 0 Å². The fourth-order valence-corrected chi connectivity index (χ4v) is 8.14. The van der Waals surface area contributed by atoms with Gasteiger partial charge in [0.2, 0.25) is 0 Å². The zero-order chi connectivity index (χ0) is 33.1. The lowest BCUT2D eigenvalue weighted by Gasteiger charge is -2.66. The van der Waals surface area contributed by atoms with Crippen molar-refractivity contribution in [1.29, 1.82) is 0 Å². The Labute approximate surface area is 262 Å². The first-order valence-electron chi connectivity index (χ1n) is 15.4. The highest BCUT2D eigenvalue weighted by Crippen LogP contribution is 2.67. The van der Waals surface area contributed by atoms with Crippen molar-refractivity contribution in [2.24, 2.45) is 28.1 Å². The molecule has 3 heterocycles. The monoisotopic (exact) mass is 625 g/mol. The fourth-order valence-electron chi connectivity index (χ4n) is 8.14. The maximum Gasteiger partial charge on any atom is 0.345 e. The van der Waals surface area contributed by atoms with Crippen LogP contribution in [0.5, 0.6) is 5.75 Å². The van der Waals surface area contributed by atoms with E-state index in [-0.39, 0.29) is 30.1 Å². The highest BCUT2D eigenvalue weighted by Gasteiger charge is 2.71. The topological polar surface area (TPSA) is 151 Å². The summed E-state index contributed by atoms with van der Waals surface area (Å²) >= 11 is 0. The number of rotatable bonds is 5. The Balaban J connectivity index is 1.69.